The number of halogens is 3. The average Bonchev–Trinajstić information content (AvgIpc) is 2.75. The summed E-state index contributed by atoms with van der Waals surface area (Å²) in [7, 11) is 0. The second-order valence-corrected chi connectivity index (χ2v) is 5.75. The molecule has 0 saturated carbocycles. The maximum absolute atomic E-state index is 13.1. The van der Waals surface area contributed by atoms with Crippen LogP contribution in [0.5, 0.6) is 0 Å². The summed E-state index contributed by atoms with van der Waals surface area (Å²) in [6.45, 7) is 0. The molecular weight excluding hydrogens is 306 g/mol. The van der Waals surface area contributed by atoms with Crippen molar-refractivity contribution in [3.63, 3.8) is 0 Å². The van der Waals surface area contributed by atoms with Crippen molar-refractivity contribution in [2.75, 3.05) is 5.32 Å². The molecule has 0 spiro atoms. The van der Waals surface area contributed by atoms with E-state index in [4.69, 9.17) is 23.2 Å². The van der Waals surface area contributed by atoms with Gasteiger partial charge in [-0.05, 0) is 36.4 Å². The number of anilines is 2. The Morgan fingerprint density at radius 2 is 1.95 bits per heavy atom. The van der Waals surface area contributed by atoms with E-state index in [1.54, 1.807) is 24.3 Å². The number of nitrogens with one attached hydrogen (secondary N) is 1. The highest BCUT2D eigenvalue weighted by molar-refractivity contribution is 7.22. The van der Waals surface area contributed by atoms with Gasteiger partial charge in [-0.2, -0.15) is 0 Å². The summed E-state index contributed by atoms with van der Waals surface area (Å²) in [5, 5.41) is 4.87. The van der Waals surface area contributed by atoms with Gasteiger partial charge in [0.2, 0.25) is 0 Å². The van der Waals surface area contributed by atoms with Crippen molar-refractivity contribution < 1.29 is 4.39 Å². The molecule has 0 saturated heterocycles. The Balaban J connectivity index is 1.98. The fourth-order valence-electron chi connectivity index (χ4n) is 1.66. The van der Waals surface area contributed by atoms with Gasteiger partial charge in [0.15, 0.2) is 5.13 Å². The second kappa shape index (κ2) is 4.96. The fourth-order valence-corrected chi connectivity index (χ4v) is 2.90. The lowest BCUT2D eigenvalue weighted by atomic mass is 10.3. The number of thiazole rings is 1. The van der Waals surface area contributed by atoms with E-state index in [0.29, 0.717) is 20.9 Å². The molecule has 0 amide bonds. The third kappa shape index (κ3) is 2.66. The first kappa shape index (κ1) is 12.7. The standard InChI is InChI=1S/C13H7Cl2FN2S/c14-7-1-3-9(15)11(5-7)18-13-17-10-4-2-8(16)6-12(10)19-13/h1-6H,(H,17,18). The number of benzene rings is 2. The van der Waals surface area contributed by atoms with Crippen LogP contribution in [-0.4, -0.2) is 4.98 Å². The van der Waals surface area contributed by atoms with Gasteiger partial charge in [-0.3, -0.25) is 0 Å². The molecule has 96 valence electrons. The molecule has 0 aliphatic carbocycles. The molecule has 0 bridgehead atoms. The normalized spacial score (nSPS) is 10.9. The van der Waals surface area contributed by atoms with E-state index >= 15 is 0 Å². The molecule has 2 nitrogen and oxygen atoms in total. The lowest BCUT2D eigenvalue weighted by Crippen LogP contribution is -1.89. The fraction of sp³-hybridized carbons (Fsp3) is 0. The second-order valence-electron chi connectivity index (χ2n) is 3.88. The maximum Gasteiger partial charge on any atom is 0.188 e. The van der Waals surface area contributed by atoms with Crippen LogP contribution < -0.4 is 5.32 Å². The topological polar surface area (TPSA) is 24.9 Å². The van der Waals surface area contributed by atoms with E-state index in [9.17, 15) is 4.39 Å². The van der Waals surface area contributed by atoms with Crippen molar-refractivity contribution in [1.82, 2.24) is 4.98 Å². The molecule has 0 atom stereocenters. The minimum Gasteiger partial charge on any atom is -0.330 e. The van der Waals surface area contributed by atoms with Crippen LogP contribution in [0.15, 0.2) is 36.4 Å². The van der Waals surface area contributed by atoms with Crippen molar-refractivity contribution in [3.8, 4) is 0 Å². The Labute approximate surface area is 122 Å². The van der Waals surface area contributed by atoms with Crippen LogP contribution in [0, 0.1) is 5.82 Å². The Hall–Kier alpha value is -1.36. The molecule has 3 aromatic rings. The number of nitrogens with zero attached hydrogens (tertiary/aromatic N) is 1. The number of hydrogen-bond acceptors (Lipinski definition) is 3. The average molecular weight is 313 g/mol. The van der Waals surface area contributed by atoms with Crippen LogP contribution in [0.4, 0.5) is 15.2 Å². The SMILES string of the molecule is Fc1ccc2nc(Nc3cc(Cl)ccc3Cl)sc2c1. The van der Waals surface area contributed by atoms with Crippen LogP contribution in [0.25, 0.3) is 10.2 Å². The third-order valence-electron chi connectivity index (χ3n) is 2.52. The summed E-state index contributed by atoms with van der Waals surface area (Å²) in [4.78, 5) is 4.36. The number of rotatable bonds is 2. The molecule has 0 fully saturated rings. The van der Waals surface area contributed by atoms with E-state index in [1.807, 2.05) is 0 Å². The highest BCUT2D eigenvalue weighted by Gasteiger charge is 2.07. The van der Waals surface area contributed by atoms with E-state index < -0.39 is 0 Å². The third-order valence-corrected chi connectivity index (χ3v) is 4.02. The van der Waals surface area contributed by atoms with Crippen molar-refractivity contribution >= 4 is 55.6 Å². The smallest absolute Gasteiger partial charge is 0.188 e. The molecule has 0 aliphatic heterocycles. The number of aromatic nitrogens is 1. The molecule has 0 unspecified atom stereocenters. The molecule has 1 N–H and O–H groups in total. The van der Waals surface area contributed by atoms with Gasteiger partial charge in [0.05, 0.1) is 20.9 Å². The molecule has 6 heteroatoms. The van der Waals surface area contributed by atoms with Crippen molar-refractivity contribution in [3.05, 3.63) is 52.3 Å². The van der Waals surface area contributed by atoms with Gasteiger partial charge in [-0.1, -0.05) is 34.5 Å². The molecule has 0 radical (unpaired) electrons. The molecule has 1 heterocycles. The van der Waals surface area contributed by atoms with Crippen LogP contribution in [0.3, 0.4) is 0 Å². The van der Waals surface area contributed by atoms with Crippen molar-refractivity contribution in [1.29, 1.82) is 0 Å². The minimum absolute atomic E-state index is 0.275. The van der Waals surface area contributed by atoms with Crippen LogP contribution in [-0.2, 0) is 0 Å². The molecule has 0 aliphatic rings. The minimum atomic E-state index is -0.275. The Morgan fingerprint density at radius 1 is 1.11 bits per heavy atom. The Bertz CT molecular complexity index is 757. The zero-order valence-electron chi connectivity index (χ0n) is 9.45. The summed E-state index contributed by atoms with van der Waals surface area (Å²) in [6.07, 6.45) is 0. The molecular formula is C13H7Cl2FN2S. The van der Waals surface area contributed by atoms with Gasteiger partial charge in [0.25, 0.3) is 0 Å². The van der Waals surface area contributed by atoms with Gasteiger partial charge in [0, 0.05) is 5.02 Å². The monoisotopic (exact) mass is 312 g/mol. The predicted molar refractivity (Wildman–Crippen MR) is 79.3 cm³/mol. The van der Waals surface area contributed by atoms with E-state index in [2.05, 4.69) is 10.3 Å². The maximum atomic E-state index is 13.1. The summed E-state index contributed by atoms with van der Waals surface area (Å²) < 4.78 is 13.9. The van der Waals surface area contributed by atoms with Crippen LogP contribution in [0.2, 0.25) is 10.0 Å². The highest BCUT2D eigenvalue weighted by atomic mass is 35.5. The van der Waals surface area contributed by atoms with Crippen LogP contribution in [0.1, 0.15) is 0 Å². The first-order chi connectivity index (χ1) is 9.11. The van der Waals surface area contributed by atoms with E-state index in [0.717, 1.165) is 10.2 Å². The number of hydrogen-bond donors (Lipinski definition) is 1. The zero-order valence-corrected chi connectivity index (χ0v) is 11.8. The Morgan fingerprint density at radius 3 is 2.79 bits per heavy atom. The molecule has 19 heavy (non-hydrogen) atoms. The zero-order chi connectivity index (χ0) is 13.4. The van der Waals surface area contributed by atoms with Crippen molar-refractivity contribution in [2.24, 2.45) is 0 Å². The van der Waals surface area contributed by atoms with Crippen LogP contribution >= 0.6 is 34.5 Å². The lowest BCUT2D eigenvalue weighted by Gasteiger charge is -2.04. The summed E-state index contributed by atoms with van der Waals surface area (Å²) in [5.74, 6) is -0.275. The molecule has 3 rings (SSSR count). The quantitative estimate of drug-likeness (QED) is 0.677. The van der Waals surface area contributed by atoms with Gasteiger partial charge in [0.1, 0.15) is 5.82 Å². The first-order valence-corrected chi connectivity index (χ1v) is 6.97. The molecule has 1 aromatic heterocycles. The van der Waals surface area contributed by atoms with Gasteiger partial charge >= 0.3 is 0 Å². The van der Waals surface area contributed by atoms with Crippen molar-refractivity contribution in [2.45, 2.75) is 0 Å². The lowest BCUT2D eigenvalue weighted by molar-refractivity contribution is 0.630. The predicted octanol–water partition coefficient (Wildman–Crippen LogP) is 5.49. The first-order valence-electron chi connectivity index (χ1n) is 5.40. The summed E-state index contributed by atoms with van der Waals surface area (Å²) in [5.41, 5.74) is 1.42. The van der Waals surface area contributed by atoms with E-state index in [-0.39, 0.29) is 5.82 Å². The summed E-state index contributed by atoms with van der Waals surface area (Å²) in [6, 6.07) is 9.63. The van der Waals surface area contributed by atoms with E-state index in [1.165, 1.54) is 23.5 Å². The summed E-state index contributed by atoms with van der Waals surface area (Å²) >= 11 is 13.3. The largest absolute Gasteiger partial charge is 0.330 e. The van der Waals surface area contributed by atoms with Gasteiger partial charge < -0.3 is 5.32 Å². The van der Waals surface area contributed by atoms with Gasteiger partial charge in [-0.25, -0.2) is 9.37 Å². The Kier molecular flexibility index (Phi) is 3.31. The molecule has 2 aromatic carbocycles. The number of fused-ring (bicyclic) bond motifs is 1. The van der Waals surface area contributed by atoms with Gasteiger partial charge in [-0.15, -0.1) is 0 Å². The highest BCUT2D eigenvalue weighted by Crippen LogP contribution is 2.32.